The van der Waals surface area contributed by atoms with Gasteiger partial charge in [-0.1, -0.05) is 6.07 Å². The fourth-order valence-electron chi connectivity index (χ4n) is 2.34. The number of amides is 1. The molecule has 0 fully saturated rings. The van der Waals surface area contributed by atoms with Crippen LogP contribution >= 0.6 is 35.3 Å². The molecule has 7 nitrogen and oxygen atoms in total. The molecule has 0 saturated carbocycles. The average Bonchev–Trinajstić information content (AvgIpc) is 3.13. The first-order chi connectivity index (χ1) is 13.0. The molecular formula is C20H37IN4O3S. The molecule has 3 N–H and O–H groups in total. The fraction of sp³-hybridized carbons (Fsp3) is 0.700. The van der Waals surface area contributed by atoms with Gasteiger partial charge in [-0.3, -0.25) is 0 Å². The Morgan fingerprint density at radius 1 is 1.34 bits per heavy atom. The zero-order valence-electron chi connectivity index (χ0n) is 18.6. The quantitative estimate of drug-likeness (QED) is 0.266. The van der Waals surface area contributed by atoms with Crippen LogP contribution in [0.25, 0.3) is 0 Å². The summed E-state index contributed by atoms with van der Waals surface area (Å²) < 4.78 is 5.40. The number of carbonyl (C=O) groups excluding carboxylic acids is 1. The molecule has 0 spiro atoms. The van der Waals surface area contributed by atoms with Gasteiger partial charge in [-0.2, -0.15) is 0 Å². The molecule has 0 aliphatic heterocycles. The van der Waals surface area contributed by atoms with Crippen LogP contribution in [0, 0.1) is 0 Å². The lowest BCUT2D eigenvalue weighted by Crippen LogP contribution is -2.43. The van der Waals surface area contributed by atoms with Crippen molar-refractivity contribution in [3.63, 3.8) is 0 Å². The third kappa shape index (κ3) is 10.5. The summed E-state index contributed by atoms with van der Waals surface area (Å²) in [7, 11) is 1.75. The summed E-state index contributed by atoms with van der Waals surface area (Å²) in [5, 5.41) is 19.0. The van der Waals surface area contributed by atoms with E-state index in [0.717, 1.165) is 17.8 Å². The number of nitrogens with zero attached hydrogens (tertiary/aromatic N) is 2. The van der Waals surface area contributed by atoms with Gasteiger partial charge in [0.2, 0.25) is 0 Å². The Morgan fingerprint density at radius 3 is 2.52 bits per heavy atom. The van der Waals surface area contributed by atoms with Crippen molar-refractivity contribution in [2.75, 3.05) is 26.7 Å². The molecule has 0 saturated heterocycles. The number of aliphatic hydroxyl groups is 1. The minimum absolute atomic E-state index is 0. The lowest BCUT2D eigenvalue weighted by molar-refractivity contribution is 0.0230. The zero-order chi connectivity index (χ0) is 21.4. The van der Waals surface area contributed by atoms with Crippen molar-refractivity contribution in [2.45, 2.75) is 65.2 Å². The fourth-order valence-corrected chi connectivity index (χ4v) is 3.12. The van der Waals surface area contributed by atoms with Gasteiger partial charge < -0.3 is 25.4 Å². The Bertz CT molecular complexity index is 630. The summed E-state index contributed by atoms with van der Waals surface area (Å²) in [5.41, 5.74) is -1.51. The molecule has 1 aromatic heterocycles. The van der Waals surface area contributed by atoms with Gasteiger partial charge in [-0.05, 0) is 59.4 Å². The second-order valence-electron chi connectivity index (χ2n) is 8.10. The zero-order valence-corrected chi connectivity index (χ0v) is 21.8. The van der Waals surface area contributed by atoms with Crippen LogP contribution in [0.4, 0.5) is 4.79 Å². The molecule has 0 aliphatic rings. The standard InChI is InChI=1S/C20H36N4O3S.HI/c1-8-21-17(23-14-20(6,26)16-10-9-13-28-16)22-12-11-15(2)24(7)18(25)27-19(3,4)5;/h9-10,13,15,26H,8,11-12,14H2,1-7H3,(H2,21,22,23);1H. The van der Waals surface area contributed by atoms with Crippen LogP contribution in [0.1, 0.15) is 52.8 Å². The number of rotatable bonds is 8. The normalized spacial score (nSPS) is 15.0. The predicted octanol–water partition coefficient (Wildman–Crippen LogP) is 3.77. The van der Waals surface area contributed by atoms with Gasteiger partial charge in [0, 0.05) is 31.1 Å². The van der Waals surface area contributed by atoms with E-state index in [4.69, 9.17) is 4.74 Å². The van der Waals surface area contributed by atoms with Crippen LogP contribution in [0.2, 0.25) is 0 Å². The first-order valence-electron chi connectivity index (χ1n) is 9.70. The largest absolute Gasteiger partial charge is 0.444 e. The van der Waals surface area contributed by atoms with Crippen LogP contribution in [-0.4, -0.2) is 60.4 Å². The maximum absolute atomic E-state index is 12.1. The maximum Gasteiger partial charge on any atom is 0.410 e. The molecule has 1 rings (SSSR count). The Morgan fingerprint density at radius 2 is 2.00 bits per heavy atom. The SMILES string of the molecule is CCNC(=NCC(C)(O)c1cccs1)NCCC(C)N(C)C(=O)OC(C)(C)C.I. The van der Waals surface area contributed by atoms with Gasteiger partial charge in [-0.15, -0.1) is 35.3 Å². The molecule has 0 bridgehead atoms. The maximum atomic E-state index is 12.1. The van der Waals surface area contributed by atoms with E-state index in [1.165, 1.54) is 11.3 Å². The van der Waals surface area contributed by atoms with Crippen molar-refractivity contribution < 1.29 is 14.6 Å². The van der Waals surface area contributed by atoms with Crippen molar-refractivity contribution in [1.29, 1.82) is 0 Å². The summed E-state index contributed by atoms with van der Waals surface area (Å²) in [6.07, 6.45) is 0.411. The number of hydrogen-bond acceptors (Lipinski definition) is 5. The van der Waals surface area contributed by atoms with Gasteiger partial charge in [0.1, 0.15) is 11.2 Å². The average molecular weight is 541 g/mol. The highest BCUT2D eigenvalue weighted by molar-refractivity contribution is 14.0. The van der Waals surface area contributed by atoms with Crippen LogP contribution in [0.5, 0.6) is 0 Å². The smallest absolute Gasteiger partial charge is 0.410 e. The lowest BCUT2D eigenvalue weighted by atomic mass is 10.1. The number of thiophene rings is 1. The van der Waals surface area contributed by atoms with E-state index in [9.17, 15) is 9.90 Å². The molecule has 2 unspecified atom stereocenters. The van der Waals surface area contributed by atoms with Gasteiger partial charge >= 0.3 is 6.09 Å². The number of halogens is 1. The van der Waals surface area contributed by atoms with Gasteiger partial charge in [0.25, 0.3) is 0 Å². The second-order valence-corrected chi connectivity index (χ2v) is 9.05. The highest BCUT2D eigenvalue weighted by Gasteiger charge is 2.24. The molecule has 0 aliphatic carbocycles. The Balaban J connectivity index is 0.00000784. The lowest BCUT2D eigenvalue weighted by Gasteiger charge is -2.29. The van der Waals surface area contributed by atoms with E-state index in [-0.39, 0.29) is 42.7 Å². The Labute approximate surface area is 196 Å². The number of aliphatic imine (C=N–C) groups is 1. The first kappa shape index (κ1) is 27.9. The third-order valence-electron chi connectivity index (χ3n) is 4.14. The Hall–Kier alpha value is -1.07. The van der Waals surface area contributed by atoms with E-state index < -0.39 is 11.2 Å². The summed E-state index contributed by atoms with van der Waals surface area (Å²) in [4.78, 5) is 19.2. The molecule has 1 aromatic rings. The van der Waals surface area contributed by atoms with Crippen molar-refractivity contribution >= 4 is 47.4 Å². The first-order valence-corrected chi connectivity index (χ1v) is 10.6. The van der Waals surface area contributed by atoms with E-state index in [1.54, 1.807) is 18.9 Å². The highest BCUT2D eigenvalue weighted by atomic mass is 127. The number of guanidine groups is 1. The molecule has 1 amide bonds. The monoisotopic (exact) mass is 540 g/mol. The van der Waals surface area contributed by atoms with E-state index in [1.807, 2.05) is 52.1 Å². The van der Waals surface area contributed by atoms with Gasteiger partial charge in [0.15, 0.2) is 5.96 Å². The number of carbonyl (C=O) groups is 1. The highest BCUT2D eigenvalue weighted by Crippen LogP contribution is 2.25. The van der Waals surface area contributed by atoms with Crippen LogP contribution in [0.3, 0.4) is 0 Å². The second kappa shape index (κ2) is 12.6. The van der Waals surface area contributed by atoms with Crippen molar-refractivity contribution in [3.05, 3.63) is 22.4 Å². The van der Waals surface area contributed by atoms with Gasteiger partial charge in [0.05, 0.1) is 6.54 Å². The number of hydrogen-bond donors (Lipinski definition) is 3. The third-order valence-corrected chi connectivity index (χ3v) is 5.26. The Kier molecular flexibility index (Phi) is 12.1. The summed E-state index contributed by atoms with van der Waals surface area (Å²) in [5.74, 6) is 0.645. The van der Waals surface area contributed by atoms with Gasteiger partial charge in [-0.25, -0.2) is 9.79 Å². The topological polar surface area (TPSA) is 86.2 Å². The molecule has 29 heavy (non-hydrogen) atoms. The molecular weight excluding hydrogens is 503 g/mol. The predicted molar refractivity (Wildman–Crippen MR) is 131 cm³/mol. The van der Waals surface area contributed by atoms with Crippen LogP contribution < -0.4 is 10.6 Å². The number of nitrogens with one attached hydrogen (secondary N) is 2. The summed E-state index contributed by atoms with van der Waals surface area (Å²) in [6, 6.07) is 3.85. The summed E-state index contributed by atoms with van der Waals surface area (Å²) in [6.45, 7) is 12.9. The molecule has 9 heteroatoms. The minimum atomic E-state index is -0.999. The van der Waals surface area contributed by atoms with Crippen LogP contribution in [-0.2, 0) is 10.3 Å². The summed E-state index contributed by atoms with van der Waals surface area (Å²) >= 11 is 1.52. The van der Waals surface area contributed by atoms with Crippen LogP contribution in [0.15, 0.2) is 22.5 Å². The molecule has 168 valence electrons. The van der Waals surface area contributed by atoms with Crippen molar-refractivity contribution in [2.24, 2.45) is 4.99 Å². The van der Waals surface area contributed by atoms with E-state index >= 15 is 0 Å². The molecule has 2 atom stereocenters. The molecule has 1 heterocycles. The molecule has 0 aromatic carbocycles. The van der Waals surface area contributed by atoms with E-state index in [2.05, 4.69) is 15.6 Å². The van der Waals surface area contributed by atoms with E-state index in [0.29, 0.717) is 12.5 Å². The number of ether oxygens (including phenoxy) is 1. The minimum Gasteiger partial charge on any atom is -0.444 e. The van der Waals surface area contributed by atoms with Crippen molar-refractivity contribution in [1.82, 2.24) is 15.5 Å². The molecule has 0 radical (unpaired) electrons. The van der Waals surface area contributed by atoms with Crippen molar-refractivity contribution in [3.8, 4) is 0 Å².